The van der Waals surface area contributed by atoms with Gasteiger partial charge in [-0.1, -0.05) is 0 Å². The van der Waals surface area contributed by atoms with E-state index in [9.17, 15) is 18.4 Å². The lowest BCUT2D eigenvalue weighted by Crippen LogP contribution is -2.49. The number of halogens is 2. The van der Waals surface area contributed by atoms with Crippen LogP contribution in [-0.2, 0) is 14.3 Å². The number of rotatable bonds is 8. The highest BCUT2D eigenvalue weighted by molar-refractivity contribution is 5.88. The molecule has 3 heterocycles. The highest BCUT2D eigenvalue weighted by Gasteiger charge is 2.29. The molecule has 1 aromatic carbocycles. The van der Waals surface area contributed by atoms with Crippen LogP contribution in [0.1, 0.15) is 0 Å². The summed E-state index contributed by atoms with van der Waals surface area (Å²) >= 11 is 0. The van der Waals surface area contributed by atoms with Crippen LogP contribution in [0.2, 0.25) is 0 Å². The minimum atomic E-state index is -3.04. The highest BCUT2D eigenvalue weighted by atomic mass is 19.3. The number of nitrogens with zero attached hydrogens (tertiary/aromatic N) is 4. The lowest BCUT2D eigenvalue weighted by atomic mass is 10.1. The molecule has 0 unspecified atom stereocenters. The van der Waals surface area contributed by atoms with E-state index in [0.29, 0.717) is 28.3 Å². The van der Waals surface area contributed by atoms with Gasteiger partial charge in [-0.05, 0) is 30.3 Å². The zero-order valence-corrected chi connectivity index (χ0v) is 18.9. The largest absolute Gasteiger partial charge is 0.484 e. The normalized spacial score (nSPS) is 15.8. The van der Waals surface area contributed by atoms with Gasteiger partial charge in [-0.3, -0.25) is 14.6 Å². The van der Waals surface area contributed by atoms with E-state index in [4.69, 9.17) is 9.47 Å². The third-order valence-electron chi connectivity index (χ3n) is 5.39. The number of alkyl halides is 2. The van der Waals surface area contributed by atoms with Crippen LogP contribution in [0.25, 0.3) is 22.3 Å². The minimum absolute atomic E-state index is 0.0526. The Kier molecular flexibility index (Phi) is 7.60. The highest BCUT2D eigenvalue weighted by Crippen LogP contribution is 2.27. The second-order valence-electron chi connectivity index (χ2n) is 7.73. The number of hydrogen-bond donors (Lipinski definition) is 2. The first kappa shape index (κ1) is 24.2. The third-order valence-corrected chi connectivity index (χ3v) is 5.39. The van der Waals surface area contributed by atoms with Gasteiger partial charge in [0, 0.05) is 44.6 Å². The minimum Gasteiger partial charge on any atom is -0.484 e. The van der Waals surface area contributed by atoms with E-state index < -0.39 is 18.4 Å². The molecule has 2 aromatic heterocycles. The maximum Gasteiger partial charge on any atom is 0.315 e. The Balaban J connectivity index is 1.51. The SMILES string of the molecule is CNC(=O)COc1ccc(-c2cc3nccnc3c(NC[C@@H]3CN(C(=O)C(F)F)CCO3)n2)cc1. The van der Waals surface area contributed by atoms with Gasteiger partial charge in [-0.2, -0.15) is 8.78 Å². The maximum atomic E-state index is 12.8. The van der Waals surface area contributed by atoms with Crippen molar-refractivity contribution >= 4 is 28.7 Å². The van der Waals surface area contributed by atoms with E-state index in [-0.39, 0.29) is 38.8 Å². The Morgan fingerprint density at radius 3 is 2.74 bits per heavy atom. The molecular formula is C23H24F2N6O4. The van der Waals surface area contributed by atoms with Crippen LogP contribution in [0.3, 0.4) is 0 Å². The van der Waals surface area contributed by atoms with Gasteiger partial charge in [0.1, 0.15) is 11.3 Å². The summed E-state index contributed by atoms with van der Waals surface area (Å²) in [5, 5.41) is 5.66. The van der Waals surface area contributed by atoms with E-state index in [1.54, 1.807) is 30.6 Å². The van der Waals surface area contributed by atoms with Crippen molar-refractivity contribution in [2.24, 2.45) is 0 Å². The van der Waals surface area contributed by atoms with Crippen molar-refractivity contribution in [2.45, 2.75) is 12.5 Å². The van der Waals surface area contributed by atoms with Gasteiger partial charge in [-0.25, -0.2) is 9.97 Å². The van der Waals surface area contributed by atoms with Gasteiger partial charge in [-0.15, -0.1) is 0 Å². The predicted molar refractivity (Wildman–Crippen MR) is 123 cm³/mol. The van der Waals surface area contributed by atoms with Gasteiger partial charge in [0.15, 0.2) is 12.4 Å². The number of likely N-dealkylation sites (N-methyl/N-ethyl adjacent to an activating group) is 1. The predicted octanol–water partition coefficient (Wildman–Crippen LogP) is 1.72. The third kappa shape index (κ3) is 5.96. The molecule has 1 aliphatic rings. The fourth-order valence-electron chi connectivity index (χ4n) is 3.58. The fraction of sp³-hybridized carbons (Fsp3) is 0.348. The smallest absolute Gasteiger partial charge is 0.315 e. The molecule has 1 aliphatic heterocycles. The molecule has 0 bridgehead atoms. The molecule has 1 fully saturated rings. The molecule has 1 saturated heterocycles. The van der Waals surface area contributed by atoms with Crippen molar-refractivity contribution in [3.05, 3.63) is 42.7 Å². The second kappa shape index (κ2) is 11.0. The summed E-state index contributed by atoms with van der Waals surface area (Å²) in [5.41, 5.74) is 2.56. The van der Waals surface area contributed by atoms with Crippen LogP contribution < -0.4 is 15.4 Å². The molecule has 1 atom stereocenters. The van der Waals surface area contributed by atoms with Crippen LogP contribution in [0.15, 0.2) is 42.7 Å². The number of hydrogen-bond acceptors (Lipinski definition) is 8. The summed E-state index contributed by atoms with van der Waals surface area (Å²) in [4.78, 5) is 37.5. The van der Waals surface area contributed by atoms with Gasteiger partial charge in [0.05, 0.1) is 23.9 Å². The monoisotopic (exact) mass is 486 g/mol. The average molecular weight is 486 g/mol. The second-order valence-corrected chi connectivity index (χ2v) is 7.73. The lowest BCUT2D eigenvalue weighted by molar-refractivity contribution is -0.149. The van der Waals surface area contributed by atoms with Crippen molar-refractivity contribution < 1.29 is 27.8 Å². The zero-order chi connectivity index (χ0) is 24.8. The Morgan fingerprint density at radius 1 is 1.23 bits per heavy atom. The molecule has 0 radical (unpaired) electrons. The van der Waals surface area contributed by atoms with Crippen molar-refractivity contribution in [1.29, 1.82) is 0 Å². The first-order valence-electron chi connectivity index (χ1n) is 10.9. The summed E-state index contributed by atoms with van der Waals surface area (Å²) in [6.07, 6.45) is -0.405. The van der Waals surface area contributed by atoms with E-state index in [1.165, 1.54) is 7.05 Å². The maximum absolute atomic E-state index is 12.8. The Morgan fingerprint density at radius 2 is 2.00 bits per heavy atom. The Labute approximate surface area is 199 Å². The number of pyridine rings is 1. The van der Waals surface area contributed by atoms with Crippen molar-refractivity contribution in [1.82, 2.24) is 25.2 Å². The van der Waals surface area contributed by atoms with E-state index in [2.05, 4.69) is 25.6 Å². The van der Waals surface area contributed by atoms with Crippen molar-refractivity contribution in [3.63, 3.8) is 0 Å². The number of aromatic nitrogens is 3. The Bertz CT molecular complexity index is 1190. The summed E-state index contributed by atoms with van der Waals surface area (Å²) in [5.74, 6) is -0.444. The van der Waals surface area contributed by atoms with Crippen molar-refractivity contribution in [3.8, 4) is 17.0 Å². The van der Waals surface area contributed by atoms with Gasteiger partial charge in [0.25, 0.3) is 11.8 Å². The zero-order valence-electron chi connectivity index (χ0n) is 18.9. The first-order valence-corrected chi connectivity index (χ1v) is 10.9. The van der Waals surface area contributed by atoms with Gasteiger partial charge in [0.2, 0.25) is 0 Å². The molecule has 35 heavy (non-hydrogen) atoms. The van der Waals surface area contributed by atoms with Crippen LogP contribution >= 0.6 is 0 Å². The van der Waals surface area contributed by atoms with Gasteiger partial charge < -0.3 is 25.0 Å². The number of benzene rings is 1. The summed E-state index contributed by atoms with van der Waals surface area (Å²) in [6.45, 7) is 0.507. The average Bonchev–Trinajstić information content (AvgIpc) is 2.90. The standard InChI is InChI=1S/C23H24F2N6O4/c1-26-19(32)13-35-15-4-2-14(3-5-15)17-10-18-20(28-7-6-27-18)22(30-17)29-11-16-12-31(8-9-34-16)23(33)21(24)25/h2-7,10,16,21H,8-9,11-13H2,1H3,(H,26,32)(H,29,30)/t16-/m1/s1. The topological polar surface area (TPSA) is 119 Å². The quantitative estimate of drug-likeness (QED) is 0.494. The number of carbonyl (C=O) groups is 2. The molecule has 10 nitrogen and oxygen atoms in total. The molecule has 3 aromatic rings. The van der Waals surface area contributed by atoms with Crippen LogP contribution in [-0.4, -0.2) is 84.1 Å². The number of nitrogens with one attached hydrogen (secondary N) is 2. The molecule has 2 amide bonds. The molecule has 0 aliphatic carbocycles. The number of anilines is 1. The number of carbonyl (C=O) groups excluding carboxylic acids is 2. The first-order chi connectivity index (χ1) is 16.9. The number of fused-ring (bicyclic) bond motifs is 1. The fourth-order valence-corrected chi connectivity index (χ4v) is 3.58. The Hall–Kier alpha value is -3.93. The van der Waals surface area contributed by atoms with Gasteiger partial charge >= 0.3 is 6.43 Å². The molecular weight excluding hydrogens is 462 g/mol. The van der Waals surface area contributed by atoms with E-state index >= 15 is 0 Å². The number of ether oxygens (including phenoxy) is 2. The lowest BCUT2D eigenvalue weighted by Gasteiger charge is -2.32. The summed E-state index contributed by atoms with van der Waals surface area (Å²) in [6, 6.07) is 8.89. The van der Waals surface area contributed by atoms with E-state index in [1.807, 2.05) is 12.1 Å². The van der Waals surface area contributed by atoms with Crippen molar-refractivity contribution in [2.75, 3.05) is 45.2 Å². The molecule has 2 N–H and O–H groups in total. The molecule has 12 heteroatoms. The summed E-state index contributed by atoms with van der Waals surface area (Å²) in [7, 11) is 1.54. The molecule has 4 rings (SSSR count). The van der Waals surface area contributed by atoms with Crippen LogP contribution in [0, 0.1) is 0 Å². The summed E-state index contributed by atoms with van der Waals surface area (Å²) < 4.78 is 36.7. The van der Waals surface area contributed by atoms with Crippen LogP contribution in [0.4, 0.5) is 14.6 Å². The number of morpholine rings is 1. The number of amides is 2. The van der Waals surface area contributed by atoms with Crippen LogP contribution in [0.5, 0.6) is 5.75 Å². The molecule has 184 valence electrons. The molecule has 0 spiro atoms. The van der Waals surface area contributed by atoms with E-state index in [0.717, 1.165) is 10.5 Å². The molecule has 0 saturated carbocycles.